The first-order valence-corrected chi connectivity index (χ1v) is 17.5. The van der Waals surface area contributed by atoms with Crippen molar-refractivity contribution in [2.75, 3.05) is 0 Å². The molecule has 1 aromatic carbocycles. The molecule has 68 valence electrons. The van der Waals surface area contributed by atoms with Crippen LogP contribution < -0.4 is 3.51 Å². The molecule has 0 spiro atoms. The van der Waals surface area contributed by atoms with Gasteiger partial charge in [-0.3, -0.25) is 0 Å². The van der Waals surface area contributed by atoms with Gasteiger partial charge >= 0.3 is 92.5 Å². The average molecular weight is 375 g/mol. The Kier molecular flexibility index (Phi) is 3.44. The van der Waals surface area contributed by atoms with E-state index in [4.69, 9.17) is 46.9 Å². The Labute approximate surface area is 91.5 Å². The van der Waals surface area contributed by atoms with Gasteiger partial charge in [0.15, 0.2) is 0 Å². The van der Waals surface area contributed by atoms with E-state index in [2.05, 4.69) is 0 Å². The van der Waals surface area contributed by atoms with Crippen molar-refractivity contribution in [3.05, 3.63) is 29.3 Å². The maximum atomic E-state index is 5.82. The Balaban J connectivity index is 3.15. The number of halogens is 5. The van der Waals surface area contributed by atoms with Gasteiger partial charge in [-0.2, -0.15) is 0 Å². The van der Waals surface area contributed by atoms with Crippen molar-refractivity contribution >= 4 is 63.3 Å². The molecule has 0 fully saturated rings. The average Bonchev–Trinajstić information content (AvgIpc) is 1.84. The molecule has 0 saturated carbocycles. The van der Waals surface area contributed by atoms with Crippen molar-refractivity contribution in [3.63, 3.8) is 0 Å². The molecule has 12 heavy (non-hydrogen) atoms. The monoisotopic (exact) mass is 372 g/mol. The summed E-state index contributed by atoms with van der Waals surface area (Å²) in [6, 6.07) is 6.59. The summed E-state index contributed by atoms with van der Waals surface area (Å²) in [5.41, 5.74) is 0. The maximum absolute atomic E-state index is 5.82. The molecule has 0 aliphatic heterocycles. The summed E-state index contributed by atoms with van der Waals surface area (Å²) in [5.74, 6) is 0. The summed E-state index contributed by atoms with van der Waals surface area (Å²) < 4.78 is 0.568. The summed E-state index contributed by atoms with van der Waals surface area (Å²) in [4.78, 5) is 0. The molecule has 0 aromatic heterocycles. The number of rotatable bonds is 1. The molecule has 1 aromatic rings. The predicted octanol–water partition coefficient (Wildman–Crippen LogP) is 3.89. The Morgan fingerprint density at radius 2 is 1.25 bits per heavy atom. The molecular weight excluding hydrogens is 371 g/mol. The fourth-order valence-corrected chi connectivity index (χ4v) is 5.53. The van der Waals surface area contributed by atoms with Gasteiger partial charge in [0.1, 0.15) is 0 Å². The van der Waals surface area contributed by atoms with E-state index < -0.39 is 12.8 Å². The van der Waals surface area contributed by atoms with E-state index in [1.165, 1.54) is 0 Å². The predicted molar refractivity (Wildman–Crippen MR) is 60.3 cm³/mol. The molecule has 0 bridgehead atoms. The quantitative estimate of drug-likeness (QED) is 0.654. The second kappa shape index (κ2) is 3.57. The van der Waals surface area contributed by atoms with Crippen LogP contribution in [0.4, 0.5) is 0 Å². The Hall–Kier alpha value is 1.49. The zero-order valence-corrected chi connectivity index (χ0v) is 12.0. The van der Waals surface area contributed by atoms with E-state index in [0.29, 0.717) is 8.53 Å². The number of hydrogen-bond acceptors (Lipinski definition) is 0. The van der Waals surface area contributed by atoms with Crippen molar-refractivity contribution in [2.45, 2.75) is 0 Å². The van der Waals surface area contributed by atoms with Gasteiger partial charge in [0.2, 0.25) is 0 Å². The molecule has 0 amide bonds. The zero-order valence-electron chi connectivity index (χ0n) is 5.65. The molecule has 0 unspecified atom stereocenters. The third kappa shape index (κ3) is 3.33. The van der Waals surface area contributed by atoms with Gasteiger partial charge in [0.05, 0.1) is 0 Å². The first-order valence-electron chi connectivity index (χ1n) is 2.91. The fraction of sp³-hybridized carbons (Fsp3) is 0. The standard InChI is InChI=1S/C6H4Cl.4ClH.Sb/c7-6-4-2-1-3-5-6;;;;;/h2-5H;4*1H;/q;;;;;+4/p-4. The second-order valence-corrected chi connectivity index (χ2v) is 33.3. The summed E-state index contributed by atoms with van der Waals surface area (Å²) in [6.07, 6.45) is 0. The summed E-state index contributed by atoms with van der Waals surface area (Å²) in [6.45, 7) is 0. The summed E-state index contributed by atoms with van der Waals surface area (Å²) in [5, 5.41) is 0.595. The molecule has 0 saturated heterocycles. The normalized spacial score (nSPS) is 15.2. The fourth-order valence-electron chi connectivity index (χ4n) is 0.666. The van der Waals surface area contributed by atoms with Crippen LogP contribution in [-0.2, 0) is 0 Å². The van der Waals surface area contributed by atoms with E-state index in [1.807, 2.05) is 0 Å². The molecule has 0 aliphatic carbocycles. The zero-order chi connectivity index (χ0) is 9.43. The van der Waals surface area contributed by atoms with Crippen LogP contribution in [0.5, 0.6) is 0 Å². The van der Waals surface area contributed by atoms with Gasteiger partial charge in [-0.05, 0) is 0 Å². The van der Waals surface area contributed by atoms with Crippen LogP contribution in [0.2, 0.25) is 5.02 Å². The van der Waals surface area contributed by atoms with Gasteiger partial charge in [-0.1, -0.05) is 0 Å². The first-order chi connectivity index (χ1) is 5.26. The van der Waals surface area contributed by atoms with Crippen LogP contribution in [0.25, 0.3) is 0 Å². The molecule has 1 rings (SSSR count). The minimum atomic E-state index is -4.44. The van der Waals surface area contributed by atoms with Crippen molar-refractivity contribution in [3.8, 4) is 0 Å². The van der Waals surface area contributed by atoms with Gasteiger partial charge in [-0.25, -0.2) is 0 Å². The Bertz CT molecular complexity index is 276. The van der Waals surface area contributed by atoms with Crippen LogP contribution in [-0.4, -0.2) is 12.8 Å². The third-order valence-electron chi connectivity index (χ3n) is 1.22. The Morgan fingerprint density at radius 1 is 0.833 bits per heavy atom. The molecule has 6 heteroatoms. The number of hydrogen-bond donors (Lipinski definition) is 0. The summed E-state index contributed by atoms with van der Waals surface area (Å²) >= 11 is 1.21. The van der Waals surface area contributed by atoms with Gasteiger partial charge < -0.3 is 0 Å². The second-order valence-electron chi connectivity index (χ2n) is 2.20. The van der Waals surface area contributed by atoms with Crippen LogP contribution >= 0.6 is 46.9 Å². The van der Waals surface area contributed by atoms with E-state index in [9.17, 15) is 0 Å². The van der Waals surface area contributed by atoms with Crippen molar-refractivity contribution in [2.24, 2.45) is 0 Å². The van der Waals surface area contributed by atoms with Crippen molar-refractivity contribution < 1.29 is 0 Å². The first kappa shape index (κ1) is 11.6. The summed E-state index contributed by atoms with van der Waals surface area (Å²) in [7, 11) is 23.3. The van der Waals surface area contributed by atoms with Crippen LogP contribution in [0.3, 0.4) is 0 Å². The molecule has 0 atom stereocenters. The third-order valence-corrected chi connectivity index (χ3v) is 9.79. The number of benzene rings is 1. The molecule has 0 heterocycles. The molecular formula is C6H4Cl5Sb. The molecule has 0 N–H and O–H groups in total. The van der Waals surface area contributed by atoms with Gasteiger partial charge in [0.25, 0.3) is 0 Å². The van der Waals surface area contributed by atoms with Gasteiger partial charge in [0, 0.05) is 0 Å². The SMILES string of the molecule is Clc1cc[c]([Sb]([Cl])([Cl])([Cl])[Cl])cc1. The molecule has 0 aliphatic rings. The minimum absolute atomic E-state index is 0.568. The van der Waals surface area contributed by atoms with E-state index in [1.54, 1.807) is 24.3 Å². The Morgan fingerprint density at radius 3 is 1.58 bits per heavy atom. The van der Waals surface area contributed by atoms with E-state index in [-0.39, 0.29) is 0 Å². The van der Waals surface area contributed by atoms with Crippen LogP contribution in [0, 0.1) is 0 Å². The van der Waals surface area contributed by atoms with Gasteiger partial charge in [-0.15, -0.1) is 0 Å². The van der Waals surface area contributed by atoms with Crippen molar-refractivity contribution in [1.82, 2.24) is 0 Å². The molecule has 0 radical (unpaired) electrons. The van der Waals surface area contributed by atoms with Crippen LogP contribution in [0.1, 0.15) is 0 Å². The van der Waals surface area contributed by atoms with E-state index in [0.717, 1.165) is 0 Å². The van der Waals surface area contributed by atoms with Crippen molar-refractivity contribution in [1.29, 1.82) is 0 Å². The van der Waals surface area contributed by atoms with Crippen LogP contribution in [0.15, 0.2) is 24.3 Å². The van der Waals surface area contributed by atoms with E-state index >= 15 is 0 Å². The topological polar surface area (TPSA) is 0 Å². The molecule has 0 nitrogen and oxygen atoms in total.